The molecular weight excluding hydrogens is 530 g/mol. The Kier molecular flexibility index (Phi) is 7.93. The van der Waals surface area contributed by atoms with Crippen LogP contribution in [0.2, 0.25) is 5.02 Å². The smallest absolute Gasteiger partial charge is 0.352 e. The molecule has 2 N–H and O–H groups in total. The van der Waals surface area contributed by atoms with Crippen molar-refractivity contribution in [1.82, 2.24) is 5.32 Å². The molecule has 0 fully saturated rings. The van der Waals surface area contributed by atoms with Crippen LogP contribution in [0.1, 0.15) is 47.9 Å². The summed E-state index contributed by atoms with van der Waals surface area (Å²) in [5, 5.41) is 12.9. The number of fused-ring (bicyclic) bond motifs is 1. The zero-order valence-corrected chi connectivity index (χ0v) is 21.5. The number of halogens is 2. The lowest BCUT2D eigenvalue weighted by Gasteiger charge is -2.18. The van der Waals surface area contributed by atoms with Gasteiger partial charge in [-0.15, -0.1) is 0 Å². The van der Waals surface area contributed by atoms with Gasteiger partial charge >= 0.3 is 5.97 Å². The van der Waals surface area contributed by atoms with Crippen molar-refractivity contribution < 1.29 is 19.4 Å². The third kappa shape index (κ3) is 5.95. The molecule has 180 valence electrons. The van der Waals surface area contributed by atoms with E-state index in [1.165, 1.54) is 17.2 Å². The van der Waals surface area contributed by atoms with Gasteiger partial charge in [-0.2, -0.15) is 0 Å². The average molecular weight is 555 g/mol. The van der Waals surface area contributed by atoms with Crippen LogP contribution in [0.25, 0.3) is 6.08 Å². The average Bonchev–Trinajstić information content (AvgIpc) is 3.29. The number of carbonyl (C=O) groups is 2. The van der Waals surface area contributed by atoms with Crippen LogP contribution in [-0.2, 0) is 22.4 Å². The summed E-state index contributed by atoms with van der Waals surface area (Å²) in [6, 6.07) is 18.4. The topological polar surface area (TPSA) is 75.6 Å². The number of hydrogen-bond donors (Lipinski definition) is 2. The number of carbonyl (C=O) groups excluding carboxylic acids is 1. The van der Waals surface area contributed by atoms with E-state index in [4.69, 9.17) is 16.3 Å². The molecule has 0 spiro atoms. The lowest BCUT2D eigenvalue weighted by Crippen LogP contribution is -2.32. The van der Waals surface area contributed by atoms with Crippen LogP contribution in [0.5, 0.6) is 11.5 Å². The van der Waals surface area contributed by atoms with Gasteiger partial charge < -0.3 is 15.2 Å². The fraction of sp³-hybridized carbons (Fsp3) is 0.214. The predicted octanol–water partition coefficient (Wildman–Crippen LogP) is 7.12. The molecule has 0 saturated heterocycles. The third-order valence-electron chi connectivity index (χ3n) is 6.06. The second-order valence-corrected chi connectivity index (χ2v) is 9.67. The standard InChI is InChI=1S/C28H25BrClNO4/c1-2-21(22-15-18-6-5-7-19(18)16-24(22)30)27(32)31-25(28(33)34)14-17-10-12-20(13-11-17)35-26-9-4-3-8-23(26)29/h3-4,8-16,21H,2,5-7H2,1H3,(H,31,32)(H,33,34). The first-order chi connectivity index (χ1) is 16.9. The molecule has 0 saturated carbocycles. The van der Waals surface area contributed by atoms with E-state index < -0.39 is 17.8 Å². The highest BCUT2D eigenvalue weighted by atomic mass is 79.9. The molecule has 35 heavy (non-hydrogen) atoms. The molecule has 1 aliphatic rings. The minimum atomic E-state index is -1.22. The van der Waals surface area contributed by atoms with Crippen LogP contribution >= 0.6 is 27.5 Å². The number of benzene rings is 3. The number of para-hydroxylation sites is 1. The van der Waals surface area contributed by atoms with Crippen LogP contribution < -0.4 is 10.1 Å². The van der Waals surface area contributed by atoms with Crippen molar-refractivity contribution >= 4 is 45.5 Å². The number of carboxylic acids is 1. The minimum Gasteiger partial charge on any atom is -0.477 e. The molecule has 0 aromatic heterocycles. The second-order valence-electron chi connectivity index (χ2n) is 8.41. The highest BCUT2D eigenvalue weighted by molar-refractivity contribution is 9.10. The van der Waals surface area contributed by atoms with E-state index in [1.807, 2.05) is 43.3 Å². The van der Waals surface area contributed by atoms with Crippen LogP contribution in [-0.4, -0.2) is 17.0 Å². The van der Waals surface area contributed by atoms with Gasteiger partial charge in [0, 0.05) is 5.02 Å². The largest absolute Gasteiger partial charge is 0.477 e. The lowest BCUT2D eigenvalue weighted by molar-refractivity contribution is -0.134. The Morgan fingerprint density at radius 3 is 2.46 bits per heavy atom. The fourth-order valence-electron chi connectivity index (χ4n) is 4.25. The molecule has 1 atom stereocenters. The minimum absolute atomic E-state index is 0.204. The maximum atomic E-state index is 13.1. The number of rotatable bonds is 8. The van der Waals surface area contributed by atoms with Gasteiger partial charge in [0.15, 0.2) is 0 Å². The first-order valence-electron chi connectivity index (χ1n) is 11.4. The van der Waals surface area contributed by atoms with Crippen molar-refractivity contribution in [2.45, 2.75) is 38.5 Å². The molecule has 3 aromatic rings. The molecule has 0 bridgehead atoms. The molecule has 1 amide bonds. The highest BCUT2D eigenvalue weighted by Crippen LogP contribution is 2.34. The monoisotopic (exact) mass is 553 g/mol. The van der Waals surface area contributed by atoms with Gasteiger partial charge in [0.05, 0.1) is 10.4 Å². The van der Waals surface area contributed by atoms with Crippen molar-refractivity contribution in [2.75, 3.05) is 0 Å². The Morgan fingerprint density at radius 1 is 1.11 bits per heavy atom. The van der Waals surface area contributed by atoms with E-state index in [2.05, 4.69) is 21.2 Å². The van der Waals surface area contributed by atoms with E-state index in [-0.39, 0.29) is 5.70 Å². The van der Waals surface area contributed by atoms with Crippen LogP contribution in [0, 0.1) is 0 Å². The quantitative estimate of drug-likeness (QED) is 0.291. The molecule has 5 nitrogen and oxygen atoms in total. The zero-order chi connectivity index (χ0) is 24.9. The summed E-state index contributed by atoms with van der Waals surface area (Å²) < 4.78 is 6.68. The Morgan fingerprint density at radius 2 is 1.80 bits per heavy atom. The summed E-state index contributed by atoms with van der Waals surface area (Å²) in [5.41, 5.74) is 3.60. The predicted molar refractivity (Wildman–Crippen MR) is 141 cm³/mol. The van der Waals surface area contributed by atoms with Gasteiger partial charge in [-0.1, -0.05) is 48.9 Å². The summed E-state index contributed by atoms with van der Waals surface area (Å²) in [6.07, 6.45) is 4.98. The van der Waals surface area contributed by atoms with E-state index in [9.17, 15) is 14.7 Å². The maximum Gasteiger partial charge on any atom is 0.352 e. The highest BCUT2D eigenvalue weighted by Gasteiger charge is 2.25. The van der Waals surface area contributed by atoms with Gasteiger partial charge in [0.1, 0.15) is 17.2 Å². The molecular formula is C28H25BrClNO4. The second kappa shape index (κ2) is 11.1. The van der Waals surface area contributed by atoms with Gasteiger partial charge in [-0.25, -0.2) is 4.79 Å². The van der Waals surface area contributed by atoms with Gasteiger partial charge in [0.2, 0.25) is 5.91 Å². The van der Waals surface area contributed by atoms with Crippen molar-refractivity contribution in [3.8, 4) is 11.5 Å². The van der Waals surface area contributed by atoms with Crippen molar-refractivity contribution in [3.05, 3.63) is 98.1 Å². The van der Waals surface area contributed by atoms with Crippen molar-refractivity contribution in [1.29, 1.82) is 0 Å². The number of ether oxygens (including phenoxy) is 1. The van der Waals surface area contributed by atoms with Crippen molar-refractivity contribution in [2.24, 2.45) is 0 Å². The molecule has 0 radical (unpaired) electrons. The molecule has 0 heterocycles. The number of amides is 1. The molecule has 3 aromatic carbocycles. The number of aryl methyl sites for hydroxylation is 2. The first-order valence-corrected chi connectivity index (χ1v) is 12.6. The van der Waals surface area contributed by atoms with Crippen LogP contribution in [0.15, 0.2) is 70.8 Å². The third-order valence-corrected chi connectivity index (χ3v) is 7.04. The normalized spacial score (nSPS) is 13.7. The first kappa shape index (κ1) is 25.0. The summed E-state index contributed by atoms with van der Waals surface area (Å²) in [7, 11) is 0. The number of aliphatic carboxylic acids is 1. The number of hydrogen-bond acceptors (Lipinski definition) is 3. The van der Waals surface area contributed by atoms with Crippen LogP contribution in [0.3, 0.4) is 0 Å². The summed E-state index contributed by atoms with van der Waals surface area (Å²) in [6.45, 7) is 1.89. The Labute approximate surface area is 217 Å². The van der Waals surface area contributed by atoms with Gasteiger partial charge in [-0.3, -0.25) is 4.79 Å². The molecule has 4 rings (SSSR count). The zero-order valence-electron chi connectivity index (χ0n) is 19.2. The van der Waals surface area contributed by atoms with Gasteiger partial charge in [0.25, 0.3) is 0 Å². The SMILES string of the molecule is CCC(C(=O)NC(=Cc1ccc(Oc2ccccc2Br)cc1)C(=O)O)c1cc2c(cc1Cl)CCC2. The van der Waals surface area contributed by atoms with Gasteiger partial charge in [-0.05, 0) is 100 Å². The fourth-order valence-corrected chi connectivity index (χ4v) is 4.93. The Bertz CT molecular complexity index is 1290. The molecule has 1 aliphatic carbocycles. The summed E-state index contributed by atoms with van der Waals surface area (Å²) in [5.74, 6) is -0.884. The lowest BCUT2D eigenvalue weighted by atomic mass is 9.92. The molecule has 1 unspecified atom stereocenters. The van der Waals surface area contributed by atoms with E-state index in [0.29, 0.717) is 28.5 Å². The Balaban J connectivity index is 1.51. The van der Waals surface area contributed by atoms with E-state index in [0.717, 1.165) is 29.3 Å². The van der Waals surface area contributed by atoms with Crippen molar-refractivity contribution in [3.63, 3.8) is 0 Å². The van der Waals surface area contributed by atoms with E-state index in [1.54, 1.807) is 24.3 Å². The van der Waals surface area contributed by atoms with Crippen LogP contribution in [0.4, 0.5) is 0 Å². The summed E-state index contributed by atoms with van der Waals surface area (Å²) >= 11 is 9.96. The summed E-state index contributed by atoms with van der Waals surface area (Å²) in [4.78, 5) is 25.0. The van der Waals surface area contributed by atoms with E-state index >= 15 is 0 Å². The molecule has 7 heteroatoms. The Hall–Kier alpha value is -3.09. The molecule has 0 aliphatic heterocycles. The maximum absolute atomic E-state index is 13.1. The number of nitrogens with one attached hydrogen (secondary N) is 1. The number of carboxylic acid groups (broad SMARTS) is 1.